The summed E-state index contributed by atoms with van der Waals surface area (Å²) < 4.78 is 2.13. The van der Waals surface area contributed by atoms with Crippen LogP contribution in [0.3, 0.4) is 0 Å². The van der Waals surface area contributed by atoms with Crippen LogP contribution in [0.4, 0.5) is 5.69 Å². The van der Waals surface area contributed by atoms with E-state index in [0.717, 1.165) is 24.2 Å². The number of hydrogen-bond donors (Lipinski definition) is 0. The van der Waals surface area contributed by atoms with Crippen molar-refractivity contribution in [3.63, 3.8) is 0 Å². The molecule has 0 aliphatic heterocycles. The monoisotopic (exact) mass is 300 g/mol. The van der Waals surface area contributed by atoms with Gasteiger partial charge in [0, 0.05) is 18.1 Å². The molecule has 0 radical (unpaired) electrons. The second-order valence-corrected chi connectivity index (χ2v) is 5.60. The number of rotatable bonds is 4. The molecule has 1 aromatic carbocycles. The Bertz CT molecular complexity index is 566. The van der Waals surface area contributed by atoms with Gasteiger partial charge in [-0.15, -0.1) is 11.3 Å². The lowest BCUT2D eigenvalue weighted by atomic mass is 10.3. The average Bonchev–Trinajstić information content (AvgIpc) is 2.79. The highest BCUT2D eigenvalue weighted by atomic mass is 35.5. The van der Waals surface area contributed by atoms with Gasteiger partial charge in [0.2, 0.25) is 0 Å². The minimum absolute atomic E-state index is 0.581. The normalized spacial score (nSPS) is 12.1. The summed E-state index contributed by atoms with van der Waals surface area (Å²) in [7, 11) is 0. The minimum atomic E-state index is 0.581. The number of aromatic nitrogens is 1. The first kappa shape index (κ1) is 13.7. The average molecular weight is 301 g/mol. The molecule has 2 aromatic rings. The Labute approximate surface area is 121 Å². The van der Waals surface area contributed by atoms with Crippen LogP contribution >= 0.6 is 34.5 Å². The second-order valence-electron chi connectivity index (χ2n) is 3.91. The first-order valence-electron chi connectivity index (χ1n) is 5.85. The zero-order chi connectivity index (χ0) is 13.0. The smallest absolute Gasteiger partial charge is 0.189 e. The fraction of sp³-hybridized carbons (Fsp3) is 0.308. The molecule has 96 valence electrons. The highest BCUT2D eigenvalue weighted by molar-refractivity contribution is 7.07. The summed E-state index contributed by atoms with van der Waals surface area (Å²) in [6.07, 6.45) is 4.35. The van der Waals surface area contributed by atoms with Crippen molar-refractivity contribution in [2.24, 2.45) is 4.99 Å². The van der Waals surface area contributed by atoms with Gasteiger partial charge in [0.05, 0.1) is 10.0 Å². The van der Waals surface area contributed by atoms with E-state index in [1.165, 1.54) is 0 Å². The molecule has 1 aromatic heterocycles. The Morgan fingerprint density at radius 3 is 2.67 bits per heavy atom. The minimum Gasteiger partial charge on any atom is -0.324 e. The van der Waals surface area contributed by atoms with Gasteiger partial charge >= 0.3 is 0 Å². The number of unbranched alkanes of at least 4 members (excludes halogenated alkanes) is 1. The van der Waals surface area contributed by atoms with Crippen molar-refractivity contribution in [1.29, 1.82) is 0 Å². The van der Waals surface area contributed by atoms with Crippen molar-refractivity contribution in [2.75, 3.05) is 0 Å². The summed E-state index contributed by atoms with van der Waals surface area (Å²) in [5.41, 5.74) is 0.647. The van der Waals surface area contributed by atoms with Gasteiger partial charge in [-0.2, -0.15) is 0 Å². The Hall–Kier alpha value is -0.770. The number of thiazole rings is 1. The van der Waals surface area contributed by atoms with Crippen LogP contribution in [0, 0.1) is 0 Å². The van der Waals surface area contributed by atoms with Crippen LogP contribution in [-0.2, 0) is 6.54 Å². The Morgan fingerprint density at radius 2 is 2.00 bits per heavy atom. The number of nitrogens with zero attached hydrogens (tertiary/aromatic N) is 2. The molecule has 18 heavy (non-hydrogen) atoms. The molecule has 0 bridgehead atoms. The molecule has 0 saturated carbocycles. The van der Waals surface area contributed by atoms with Crippen LogP contribution in [0.25, 0.3) is 0 Å². The maximum Gasteiger partial charge on any atom is 0.189 e. The number of aryl methyl sites for hydroxylation is 1. The Kier molecular flexibility index (Phi) is 4.87. The molecule has 0 aliphatic carbocycles. The van der Waals surface area contributed by atoms with E-state index in [1.54, 1.807) is 23.5 Å². The highest BCUT2D eigenvalue weighted by Crippen LogP contribution is 2.32. The van der Waals surface area contributed by atoms with Gasteiger partial charge in [0.1, 0.15) is 5.69 Å². The van der Waals surface area contributed by atoms with Gasteiger partial charge in [0.15, 0.2) is 4.80 Å². The first-order chi connectivity index (χ1) is 8.72. The molecule has 0 spiro atoms. The van der Waals surface area contributed by atoms with Crippen LogP contribution in [0.15, 0.2) is 34.8 Å². The molecule has 0 N–H and O–H groups in total. The van der Waals surface area contributed by atoms with Crippen molar-refractivity contribution >= 4 is 40.2 Å². The number of halogens is 2. The van der Waals surface area contributed by atoms with Crippen molar-refractivity contribution in [3.05, 3.63) is 44.6 Å². The summed E-state index contributed by atoms with van der Waals surface area (Å²) in [5, 5.41) is 3.19. The lowest BCUT2D eigenvalue weighted by Gasteiger charge is -2.02. The van der Waals surface area contributed by atoms with Gasteiger partial charge in [-0.25, -0.2) is 4.99 Å². The summed E-state index contributed by atoms with van der Waals surface area (Å²) in [6.45, 7) is 3.15. The molecule has 0 aliphatic rings. The van der Waals surface area contributed by atoms with Gasteiger partial charge in [-0.05, 0) is 18.6 Å². The van der Waals surface area contributed by atoms with Crippen LogP contribution in [-0.4, -0.2) is 4.57 Å². The molecule has 2 rings (SSSR count). The fourth-order valence-electron chi connectivity index (χ4n) is 1.58. The summed E-state index contributed by atoms with van der Waals surface area (Å²) in [6, 6.07) is 5.43. The molecule has 0 amide bonds. The number of hydrogen-bond acceptors (Lipinski definition) is 2. The van der Waals surface area contributed by atoms with Crippen LogP contribution < -0.4 is 4.80 Å². The van der Waals surface area contributed by atoms with Crippen LogP contribution in [0.5, 0.6) is 0 Å². The van der Waals surface area contributed by atoms with Crippen LogP contribution in [0.2, 0.25) is 10.0 Å². The van der Waals surface area contributed by atoms with E-state index in [2.05, 4.69) is 16.5 Å². The van der Waals surface area contributed by atoms with Gasteiger partial charge in [-0.1, -0.05) is 42.6 Å². The zero-order valence-electron chi connectivity index (χ0n) is 10.1. The summed E-state index contributed by atoms with van der Waals surface area (Å²) in [4.78, 5) is 5.50. The van der Waals surface area contributed by atoms with E-state index in [0.29, 0.717) is 15.7 Å². The highest BCUT2D eigenvalue weighted by Gasteiger charge is 2.04. The summed E-state index contributed by atoms with van der Waals surface area (Å²) in [5.74, 6) is 0. The Balaban J connectivity index is 2.41. The predicted octanol–water partition coefficient (Wildman–Crippen LogP) is 4.89. The molecular weight excluding hydrogens is 287 g/mol. The zero-order valence-corrected chi connectivity index (χ0v) is 12.4. The number of para-hydroxylation sites is 1. The maximum atomic E-state index is 6.12. The van der Waals surface area contributed by atoms with E-state index in [4.69, 9.17) is 23.2 Å². The number of benzene rings is 1. The quantitative estimate of drug-likeness (QED) is 0.765. The third-order valence-electron chi connectivity index (χ3n) is 2.56. The molecule has 0 fully saturated rings. The third-order valence-corrected chi connectivity index (χ3v) is 3.96. The van der Waals surface area contributed by atoms with E-state index >= 15 is 0 Å². The molecule has 0 unspecified atom stereocenters. The van der Waals surface area contributed by atoms with Gasteiger partial charge < -0.3 is 4.57 Å². The molecule has 5 heteroatoms. The van der Waals surface area contributed by atoms with Crippen molar-refractivity contribution in [3.8, 4) is 0 Å². The van der Waals surface area contributed by atoms with Crippen LogP contribution in [0.1, 0.15) is 19.8 Å². The van der Waals surface area contributed by atoms with Gasteiger partial charge in [0.25, 0.3) is 0 Å². The fourth-order valence-corrected chi connectivity index (χ4v) is 2.82. The lowest BCUT2D eigenvalue weighted by Crippen LogP contribution is -2.13. The maximum absolute atomic E-state index is 6.12. The van der Waals surface area contributed by atoms with Crippen molar-refractivity contribution in [1.82, 2.24) is 4.57 Å². The lowest BCUT2D eigenvalue weighted by molar-refractivity contribution is 0.618. The molecule has 0 atom stereocenters. The van der Waals surface area contributed by atoms with E-state index in [9.17, 15) is 0 Å². The van der Waals surface area contributed by atoms with Crippen molar-refractivity contribution < 1.29 is 0 Å². The molecule has 2 nitrogen and oxygen atoms in total. The first-order valence-corrected chi connectivity index (χ1v) is 7.48. The largest absolute Gasteiger partial charge is 0.324 e. The molecule has 0 saturated heterocycles. The predicted molar refractivity (Wildman–Crippen MR) is 78.9 cm³/mol. The van der Waals surface area contributed by atoms with Crippen molar-refractivity contribution in [2.45, 2.75) is 26.3 Å². The van der Waals surface area contributed by atoms with Gasteiger partial charge in [-0.3, -0.25) is 0 Å². The Morgan fingerprint density at radius 1 is 1.28 bits per heavy atom. The topological polar surface area (TPSA) is 17.3 Å². The third kappa shape index (κ3) is 3.16. The summed E-state index contributed by atoms with van der Waals surface area (Å²) >= 11 is 13.8. The molecule has 1 heterocycles. The molecular formula is C13H14Cl2N2S. The SMILES string of the molecule is CCCCn1ccsc1=Nc1c(Cl)cccc1Cl. The van der Waals surface area contributed by atoms with E-state index in [-0.39, 0.29) is 0 Å². The standard InChI is InChI=1S/C13H14Cl2N2S/c1-2-3-7-17-8-9-18-13(17)16-12-10(14)5-4-6-11(12)15/h4-6,8-9H,2-3,7H2,1H3. The second kappa shape index (κ2) is 6.41. The van der Waals surface area contributed by atoms with E-state index in [1.807, 2.05) is 17.6 Å². The van der Waals surface area contributed by atoms with E-state index < -0.39 is 0 Å².